The molecule has 3 rings (SSSR count). The van der Waals surface area contributed by atoms with Crippen LogP contribution in [0.1, 0.15) is 43.4 Å². The number of carboxylic acids is 1. The molecule has 0 bridgehead atoms. The number of hydrogen-bond donors (Lipinski definition) is 2. The minimum atomic E-state index is -1.20. The van der Waals surface area contributed by atoms with Gasteiger partial charge in [0.1, 0.15) is 11.5 Å². The molecular weight excluding hydrogens is 390 g/mol. The van der Waals surface area contributed by atoms with E-state index in [4.69, 9.17) is 4.74 Å². The highest BCUT2D eigenvalue weighted by Crippen LogP contribution is 2.37. The van der Waals surface area contributed by atoms with Crippen molar-refractivity contribution in [1.29, 1.82) is 5.26 Å². The molecule has 0 heterocycles. The molecule has 160 valence electrons. The summed E-state index contributed by atoms with van der Waals surface area (Å²) in [6.07, 6.45) is 6.73. The lowest BCUT2D eigenvalue weighted by Gasteiger charge is -2.15. The number of ether oxygens (including phenoxy) is 1. The third-order valence-corrected chi connectivity index (χ3v) is 5.37. The predicted octanol–water partition coefficient (Wildman–Crippen LogP) is 5.59. The normalized spacial score (nSPS) is 14.2. The van der Waals surface area contributed by atoms with Crippen LogP contribution < -0.4 is 4.74 Å². The van der Waals surface area contributed by atoms with Gasteiger partial charge in [-0.05, 0) is 80.3 Å². The van der Waals surface area contributed by atoms with Gasteiger partial charge in [-0.15, -0.1) is 0 Å². The van der Waals surface area contributed by atoms with E-state index in [1.165, 1.54) is 30.6 Å². The van der Waals surface area contributed by atoms with Crippen LogP contribution in [0.25, 0.3) is 11.1 Å². The van der Waals surface area contributed by atoms with Crippen molar-refractivity contribution in [3.8, 4) is 22.9 Å². The molecule has 2 aromatic rings. The van der Waals surface area contributed by atoms with Gasteiger partial charge in [0.25, 0.3) is 0 Å². The number of aliphatic hydroxyl groups excluding tert-OH is 1. The van der Waals surface area contributed by atoms with Crippen molar-refractivity contribution >= 4 is 5.97 Å². The zero-order valence-electron chi connectivity index (χ0n) is 17.9. The second kappa shape index (κ2) is 9.99. The smallest absolute Gasteiger partial charge is 0.339 e. The molecule has 1 saturated carbocycles. The molecule has 2 N–H and O–H groups in total. The van der Waals surface area contributed by atoms with Gasteiger partial charge in [0.2, 0.25) is 0 Å². The van der Waals surface area contributed by atoms with Gasteiger partial charge in [-0.25, -0.2) is 4.79 Å². The number of nitriles is 1. The summed E-state index contributed by atoms with van der Waals surface area (Å²) in [6, 6.07) is 14.1. The highest BCUT2D eigenvalue weighted by atomic mass is 16.5. The molecule has 1 fully saturated rings. The van der Waals surface area contributed by atoms with Crippen LogP contribution >= 0.6 is 0 Å². The van der Waals surface area contributed by atoms with Crippen LogP contribution in [0, 0.1) is 17.2 Å². The SMILES string of the molecule is C/C=C(O)\C(=C/Cc1cc(C#N)c(-c2ccc(CC3CC3)cc2)c(OCC)c1)C(=O)O. The lowest BCUT2D eigenvalue weighted by atomic mass is 9.94. The van der Waals surface area contributed by atoms with E-state index in [0.717, 1.165) is 29.0 Å². The summed E-state index contributed by atoms with van der Waals surface area (Å²) in [6.45, 7) is 3.89. The fourth-order valence-corrected chi connectivity index (χ4v) is 3.59. The molecule has 0 unspecified atom stereocenters. The highest BCUT2D eigenvalue weighted by molar-refractivity contribution is 5.91. The van der Waals surface area contributed by atoms with E-state index in [1.807, 2.05) is 25.1 Å². The first-order chi connectivity index (χ1) is 15.0. The van der Waals surface area contributed by atoms with Crippen LogP contribution in [0.15, 0.2) is 59.9 Å². The van der Waals surface area contributed by atoms with Gasteiger partial charge < -0.3 is 14.9 Å². The first-order valence-electron chi connectivity index (χ1n) is 10.5. The van der Waals surface area contributed by atoms with Gasteiger partial charge in [-0.1, -0.05) is 30.3 Å². The Kier molecular flexibility index (Phi) is 7.15. The second-order valence-electron chi connectivity index (χ2n) is 7.71. The quantitative estimate of drug-likeness (QED) is 0.315. The number of allylic oxidation sites excluding steroid dienone is 2. The summed E-state index contributed by atoms with van der Waals surface area (Å²) in [7, 11) is 0. The largest absolute Gasteiger partial charge is 0.507 e. The molecule has 31 heavy (non-hydrogen) atoms. The molecule has 0 amide bonds. The van der Waals surface area contributed by atoms with E-state index in [2.05, 4.69) is 18.2 Å². The number of benzene rings is 2. The van der Waals surface area contributed by atoms with Crippen LogP contribution in [0.4, 0.5) is 0 Å². The number of carbonyl (C=O) groups is 1. The van der Waals surface area contributed by atoms with Gasteiger partial charge >= 0.3 is 5.97 Å². The van der Waals surface area contributed by atoms with Crippen LogP contribution in [0.5, 0.6) is 5.75 Å². The van der Waals surface area contributed by atoms with Crippen molar-refractivity contribution in [2.45, 2.75) is 39.5 Å². The maximum Gasteiger partial charge on any atom is 0.339 e. The van der Waals surface area contributed by atoms with E-state index in [1.54, 1.807) is 13.0 Å². The maximum atomic E-state index is 11.4. The summed E-state index contributed by atoms with van der Waals surface area (Å²) in [4.78, 5) is 11.4. The minimum Gasteiger partial charge on any atom is -0.507 e. The Balaban J connectivity index is 1.97. The van der Waals surface area contributed by atoms with Crippen molar-refractivity contribution < 1.29 is 19.7 Å². The van der Waals surface area contributed by atoms with E-state index in [0.29, 0.717) is 17.9 Å². The number of hydrogen-bond acceptors (Lipinski definition) is 4. The standard InChI is InChI=1S/C26H27NO4/c1-3-23(28)22(26(29)30)12-9-19-14-21(16-27)25(24(15-19)31-4-2)20-10-7-18(8-11-20)13-17-5-6-17/h3,7-8,10-12,14-15,17,28H,4-6,9,13H2,1-2H3,(H,29,30)/b22-12+,23-3+. The van der Waals surface area contributed by atoms with Gasteiger partial charge in [-0.2, -0.15) is 5.26 Å². The molecule has 0 atom stereocenters. The molecule has 5 heteroatoms. The van der Waals surface area contributed by atoms with Crippen molar-refractivity contribution in [2.75, 3.05) is 6.61 Å². The molecule has 1 aliphatic rings. The number of aliphatic carboxylic acids is 1. The molecule has 0 saturated heterocycles. The van der Waals surface area contributed by atoms with Crippen molar-refractivity contribution in [1.82, 2.24) is 0 Å². The average Bonchev–Trinajstić information content (AvgIpc) is 3.58. The lowest BCUT2D eigenvalue weighted by molar-refractivity contribution is -0.132. The third-order valence-electron chi connectivity index (χ3n) is 5.37. The summed E-state index contributed by atoms with van der Waals surface area (Å²) in [5.41, 5.74) is 3.99. The summed E-state index contributed by atoms with van der Waals surface area (Å²) in [5.74, 6) is -0.0958. The highest BCUT2D eigenvalue weighted by Gasteiger charge is 2.21. The van der Waals surface area contributed by atoms with Crippen LogP contribution in [0.3, 0.4) is 0 Å². The summed E-state index contributed by atoms with van der Waals surface area (Å²) < 4.78 is 5.85. The average molecular weight is 418 g/mol. The molecule has 2 aromatic carbocycles. The fraction of sp³-hybridized carbons (Fsp3) is 0.308. The molecule has 0 radical (unpaired) electrons. The molecule has 0 aromatic heterocycles. The van der Waals surface area contributed by atoms with Gasteiger partial charge in [0.15, 0.2) is 0 Å². The topological polar surface area (TPSA) is 90.5 Å². The van der Waals surface area contributed by atoms with Gasteiger partial charge in [0, 0.05) is 5.56 Å². The Morgan fingerprint density at radius 1 is 1.19 bits per heavy atom. The Bertz CT molecular complexity index is 1050. The minimum absolute atomic E-state index is 0.172. The Morgan fingerprint density at radius 2 is 1.90 bits per heavy atom. The van der Waals surface area contributed by atoms with Crippen LogP contribution in [0.2, 0.25) is 0 Å². The molecule has 5 nitrogen and oxygen atoms in total. The van der Waals surface area contributed by atoms with Crippen molar-refractivity contribution in [3.05, 3.63) is 76.6 Å². The second-order valence-corrected chi connectivity index (χ2v) is 7.71. The van der Waals surface area contributed by atoms with E-state index in [-0.39, 0.29) is 17.8 Å². The summed E-state index contributed by atoms with van der Waals surface area (Å²) >= 11 is 0. The number of aliphatic hydroxyl groups is 1. The Hall–Kier alpha value is -3.52. The first kappa shape index (κ1) is 22.2. The zero-order chi connectivity index (χ0) is 22.4. The Labute approximate surface area is 182 Å². The van der Waals surface area contributed by atoms with Crippen LogP contribution in [-0.4, -0.2) is 22.8 Å². The van der Waals surface area contributed by atoms with E-state index < -0.39 is 5.97 Å². The molecule has 0 spiro atoms. The number of carboxylic acid groups (broad SMARTS) is 1. The lowest BCUT2D eigenvalue weighted by Crippen LogP contribution is -2.04. The summed E-state index contributed by atoms with van der Waals surface area (Å²) in [5, 5.41) is 28.9. The molecular formula is C26H27NO4. The van der Waals surface area contributed by atoms with Crippen molar-refractivity contribution in [2.24, 2.45) is 5.92 Å². The maximum absolute atomic E-state index is 11.4. The first-order valence-corrected chi connectivity index (χ1v) is 10.5. The number of nitrogens with zero attached hydrogens (tertiary/aromatic N) is 1. The van der Waals surface area contributed by atoms with E-state index >= 15 is 0 Å². The van der Waals surface area contributed by atoms with Crippen LogP contribution in [-0.2, 0) is 17.6 Å². The van der Waals surface area contributed by atoms with E-state index in [9.17, 15) is 20.3 Å². The molecule has 1 aliphatic carbocycles. The van der Waals surface area contributed by atoms with Gasteiger partial charge in [-0.3, -0.25) is 0 Å². The monoisotopic (exact) mass is 417 g/mol. The molecule has 0 aliphatic heterocycles. The zero-order valence-corrected chi connectivity index (χ0v) is 17.9. The predicted molar refractivity (Wildman–Crippen MR) is 120 cm³/mol. The fourth-order valence-electron chi connectivity index (χ4n) is 3.59. The third kappa shape index (κ3) is 5.55. The van der Waals surface area contributed by atoms with Gasteiger partial charge in [0.05, 0.1) is 23.8 Å². The Morgan fingerprint density at radius 3 is 2.45 bits per heavy atom. The van der Waals surface area contributed by atoms with Crippen molar-refractivity contribution in [3.63, 3.8) is 0 Å². The number of rotatable bonds is 9.